The molecule has 2 atom stereocenters. The molecule has 1 aromatic rings. The van der Waals surface area contributed by atoms with Crippen molar-refractivity contribution < 1.29 is 23.8 Å². The molecule has 33 heavy (non-hydrogen) atoms. The first-order chi connectivity index (χ1) is 16.0. The van der Waals surface area contributed by atoms with Crippen LogP contribution in [0.25, 0.3) is 0 Å². The molecule has 0 N–H and O–H groups in total. The van der Waals surface area contributed by atoms with Gasteiger partial charge in [0.1, 0.15) is 11.4 Å². The summed E-state index contributed by atoms with van der Waals surface area (Å²) in [7, 11) is 3.21. The summed E-state index contributed by atoms with van der Waals surface area (Å²) in [6, 6.07) is 9.58. The Labute approximate surface area is 201 Å². The predicted molar refractivity (Wildman–Crippen MR) is 131 cm³/mol. The second-order valence-corrected chi connectivity index (χ2v) is 10.2. The van der Waals surface area contributed by atoms with Crippen molar-refractivity contribution in [3.05, 3.63) is 59.7 Å². The lowest BCUT2D eigenvalue weighted by molar-refractivity contribution is -0.130. The minimum atomic E-state index is -0.908. The average Bonchev–Trinajstić information content (AvgIpc) is 3.00. The zero-order valence-corrected chi connectivity index (χ0v) is 20.6. The Kier molecular flexibility index (Phi) is 9.59. The maximum absolute atomic E-state index is 13.9. The summed E-state index contributed by atoms with van der Waals surface area (Å²) in [6.45, 7) is 2.12. The Morgan fingerprint density at radius 2 is 2.03 bits per heavy atom. The van der Waals surface area contributed by atoms with Gasteiger partial charge in [0.15, 0.2) is 6.29 Å². The summed E-state index contributed by atoms with van der Waals surface area (Å²) in [4.78, 5) is 27.9. The largest absolute Gasteiger partial charge is 0.447 e. The Morgan fingerprint density at radius 1 is 1.27 bits per heavy atom. The fourth-order valence-corrected chi connectivity index (χ4v) is 5.42. The molecule has 1 aliphatic carbocycles. The number of hydrogen-bond acceptors (Lipinski definition) is 6. The van der Waals surface area contributed by atoms with Crippen molar-refractivity contribution in [2.24, 2.45) is 0 Å². The molecule has 3 rings (SSSR count). The highest BCUT2D eigenvalue weighted by Crippen LogP contribution is 2.35. The summed E-state index contributed by atoms with van der Waals surface area (Å²) < 4.78 is 15.0. The number of carbonyl (C=O) groups excluding carboxylic acids is 2. The van der Waals surface area contributed by atoms with E-state index in [0.29, 0.717) is 18.6 Å². The predicted octanol–water partition coefficient (Wildman–Crippen LogP) is 5.13. The van der Waals surface area contributed by atoms with Crippen molar-refractivity contribution in [1.82, 2.24) is 4.90 Å². The Morgan fingerprint density at radius 3 is 2.76 bits per heavy atom. The lowest BCUT2D eigenvalue weighted by Gasteiger charge is -2.31. The van der Waals surface area contributed by atoms with E-state index < -0.39 is 10.8 Å². The molecule has 1 aromatic carbocycles. The van der Waals surface area contributed by atoms with Crippen molar-refractivity contribution in [3.8, 4) is 0 Å². The third-order valence-corrected chi connectivity index (χ3v) is 7.41. The fraction of sp³-hybridized carbons (Fsp3) is 0.538. The number of imide groups is 1. The molecule has 1 fully saturated rings. The lowest BCUT2D eigenvalue weighted by atomic mass is 10.00. The number of nitrogens with zero attached hydrogens (tertiary/aromatic N) is 1. The standard InChI is InChI=1S/C26H35NO5S/c1-26(33-16-15-23(30-2)31-3,18-21-13-7-4-5-8-14-21)24(28)27-22(19-32-25(27)29)17-20-11-9-6-10-12-20/h6-7,9-13,18,22-23H,4-5,8,14-17,19H2,1-3H3/b21-18-/t22-,26-/m1/s1. The second-order valence-electron chi connectivity index (χ2n) is 8.61. The molecule has 0 unspecified atom stereocenters. The number of methoxy groups -OCH3 is 2. The summed E-state index contributed by atoms with van der Waals surface area (Å²) in [5.41, 5.74) is 2.21. The topological polar surface area (TPSA) is 65.1 Å². The molecule has 0 aromatic heterocycles. The summed E-state index contributed by atoms with van der Waals surface area (Å²) in [6.07, 6.45) is 10.9. The van der Waals surface area contributed by atoms with Crippen LogP contribution >= 0.6 is 11.8 Å². The summed E-state index contributed by atoms with van der Waals surface area (Å²) in [5.74, 6) is 0.418. The number of ether oxygens (including phenoxy) is 3. The average molecular weight is 474 g/mol. The molecule has 2 aliphatic rings. The van der Waals surface area contributed by atoms with Gasteiger partial charge in [-0.05, 0) is 50.3 Å². The number of rotatable bonds is 10. The van der Waals surface area contributed by atoms with E-state index in [0.717, 1.165) is 36.8 Å². The van der Waals surface area contributed by atoms with Gasteiger partial charge in [0.2, 0.25) is 0 Å². The van der Waals surface area contributed by atoms with Crippen molar-refractivity contribution >= 4 is 23.8 Å². The van der Waals surface area contributed by atoms with Gasteiger partial charge in [-0.2, -0.15) is 0 Å². The third-order valence-electron chi connectivity index (χ3n) is 6.08. The molecule has 0 spiro atoms. The zero-order valence-electron chi connectivity index (χ0n) is 19.8. The van der Waals surface area contributed by atoms with E-state index in [1.165, 1.54) is 16.7 Å². The molecule has 180 valence electrons. The van der Waals surface area contributed by atoms with Crippen LogP contribution in [0.4, 0.5) is 4.79 Å². The number of benzene rings is 1. The first-order valence-electron chi connectivity index (χ1n) is 11.6. The molecular formula is C26H35NO5S. The first-order valence-corrected chi connectivity index (χ1v) is 12.6. The number of amides is 2. The van der Waals surface area contributed by atoms with Crippen molar-refractivity contribution in [3.63, 3.8) is 0 Å². The molecule has 1 saturated heterocycles. The van der Waals surface area contributed by atoms with Crippen LogP contribution in [-0.2, 0) is 25.4 Å². The SMILES string of the molecule is COC(CCS[C@](C)(/C=C1/C=CCCCC1)C(=O)N1C(=O)OC[C@H]1Cc1ccccc1)OC. The van der Waals surface area contributed by atoms with Crippen LogP contribution in [0.2, 0.25) is 0 Å². The number of allylic oxidation sites excluding steroid dienone is 3. The van der Waals surface area contributed by atoms with Crippen LogP contribution in [0, 0.1) is 0 Å². The Balaban J connectivity index is 1.84. The van der Waals surface area contributed by atoms with Gasteiger partial charge in [0.05, 0.1) is 6.04 Å². The Hall–Kier alpha value is -2.09. The van der Waals surface area contributed by atoms with E-state index in [9.17, 15) is 9.59 Å². The number of hydrogen-bond donors (Lipinski definition) is 0. The summed E-state index contributed by atoms with van der Waals surface area (Å²) >= 11 is 1.52. The molecule has 0 radical (unpaired) electrons. The van der Waals surface area contributed by atoms with Gasteiger partial charge in [-0.1, -0.05) is 54.1 Å². The quantitative estimate of drug-likeness (QED) is 0.439. The van der Waals surface area contributed by atoms with Crippen molar-refractivity contribution in [2.75, 3.05) is 26.6 Å². The van der Waals surface area contributed by atoms with Crippen LogP contribution < -0.4 is 0 Å². The molecular weight excluding hydrogens is 438 g/mol. The van der Waals surface area contributed by atoms with Crippen LogP contribution in [0.5, 0.6) is 0 Å². The maximum atomic E-state index is 13.9. The maximum Gasteiger partial charge on any atom is 0.417 e. The lowest BCUT2D eigenvalue weighted by Crippen LogP contribution is -2.49. The smallest absolute Gasteiger partial charge is 0.417 e. The second kappa shape index (κ2) is 12.4. The fourth-order valence-electron chi connectivity index (χ4n) is 4.23. The van der Waals surface area contributed by atoms with Gasteiger partial charge in [-0.25, -0.2) is 9.69 Å². The number of cyclic esters (lactones) is 1. The molecule has 7 heteroatoms. The van der Waals surface area contributed by atoms with Crippen LogP contribution in [0.1, 0.15) is 44.6 Å². The van der Waals surface area contributed by atoms with E-state index in [1.54, 1.807) is 14.2 Å². The van der Waals surface area contributed by atoms with E-state index in [4.69, 9.17) is 14.2 Å². The highest BCUT2D eigenvalue weighted by molar-refractivity contribution is 8.01. The molecule has 0 saturated carbocycles. The van der Waals surface area contributed by atoms with E-state index in [1.807, 2.05) is 43.3 Å². The van der Waals surface area contributed by atoms with Gasteiger partial charge in [-0.15, -0.1) is 11.8 Å². The van der Waals surface area contributed by atoms with Gasteiger partial charge >= 0.3 is 6.09 Å². The molecule has 1 aliphatic heterocycles. The highest BCUT2D eigenvalue weighted by Gasteiger charge is 2.45. The number of carbonyl (C=O) groups is 2. The Bertz CT molecular complexity index is 851. The van der Waals surface area contributed by atoms with Crippen LogP contribution in [0.3, 0.4) is 0 Å². The van der Waals surface area contributed by atoms with Gasteiger partial charge in [0.25, 0.3) is 5.91 Å². The molecule has 1 heterocycles. The normalized spacial score (nSPS) is 21.8. The molecule has 6 nitrogen and oxygen atoms in total. The van der Waals surface area contributed by atoms with Gasteiger partial charge < -0.3 is 14.2 Å². The van der Waals surface area contributed by atoms with Gasteiger partial charge in [-0.3, -0.25) is 4.79 Å². The highest BCUT2D eigenvalue weighted by atomic mass is 32.2. The molecule has 0 bridgehead atoms. The van der Waals surface area contributed by atoms with E-state index in [-0.39, 0.29) is 24.8 Å². The van der Waals surface area contributed by atoms with Crippen molar-refractivity contribution in [1.29, 1.82) is 0 Å². The van der Waals surface area contributed by atoms with Crippen LogP contribution in [-0.4, -0.2) is 60.6 Å². The summed E-state index contributed by atoms with van der Waals surface area (Å²) in [5, 5.41) is 0. The van der Waals surface area contributed by atoms with Gasteiger partial charge in [0, 0.05) is 20.6 Å². The van der Waals surface area contributed by atoms with E-state index >= 15 is 0 Å². The van der Waals surface area contributed by atoms with Crippen molar-refractivity contribution in [2.45, 2.75) is 62.5 Å². The monoisotopic (exact) mass is 473 g/mol. The van der Waals surface area contributed by atoms with Crippen LogP contribution in [0.15, 0.2) is 54.1 Å². The molecule has 2 amide bonds. The third kappa shape index (κ3) is 6.95. The zero-order chi connectivity index (χ0) is 23.7. The minimum absolute atomic E-state index is 0.214. The van der Waals surface area contributed by atoms with E-state index in [2.05, 4.69) is 12.2 Å². The number of thioether (sulfide) groups is 1. The minimum Gasteiger partial charge on any atom is -0.447 e. The first kappa shape index (κ1) is 25.5.